The van der Waals surface area contributed by atoms with Gasteiger partial charge in [0, 0.05) is 18.0 Å². The number of amides is 1. The molecule has 22 heavy (non-hydrogen) atoms. The van der Waals surface area contributed by atoms with Crippen LogP contribution in [0.15, 0.2) is 18.2 Å². The first-order valence-electron chi connectivity index (χ1n) is 7.77. The number of carbonyl (C=O) groups excluding carboxylic acids is 1. The van der Waals surface area contributed by atoms with Crippen LogP contribution in [0, 0.1) is 5.92 Å². The topological polar surface area (TPSA) is 38.8 Å². The summed E-state index contributed by atoms with van der Waals surface area (Å²) in [6.07, 6.45) is 0.686. The van der Waals surface area contributed by atoms with E-state index in [2.05, 4.69) is 20.8 Å². The van der Waals surface area contributed by atoms with Crippen LogP contribution in [0.3, 0.4) is 0 Å². The Hall–Kier alpha value is -1.71. The van der Waals surface area contributed by atoms with E-state index in [-0.39, 0.29) is 17.4 Å². The number of methoxy groups -OCH3 is 2. The zero-order chi connectivity index (χ0) is 16.9. The summed E-state index contributed by atoms with van der Waals surface area (Å²) in [6.45, 7) is 10.9. The molecule has 0 bridgehead atoms. The standard InChI is InChI=1S/C18H29NO3/c1-8-19(18(3,4)5)17(20)13(2)11-14-9-10-15(21-6)16(12-14)22-7/h9-10,12-13H,8,11H2,1-7H3. The van der Waals surface area contributed by atoms with Crippen molar-refractivity contribution in [2.45, 2.75) is 46.6 Å². The second-order valence-electron chi connectivity index (χ2n) is 6.55. The fourth-order valence-corrected chi connectivity index (χ4v) is 2.68. The molecule has 0 aromatic heterocycles. The Morgan fingerprint density at radius 1 is 1.18 bits per heavy atom. The summed E-state index contributed by atoms with van der Waals surface area (Å²) >= 11 is 0. The van der Waals surface area contributed by atoms with Crippen molar-refractivity contribution in [1.82, 2.24) is 4.90 Å². The van der Waals surface area contributed by atoms with Crippen molar-refractivity contribution in [1.29, 1.82) is 0 Å². The minimum absolute atomic E-state index is 0.0720. The average molecular weight is 307 g/mol. The number of ether oxygens (including phenoxy) is 2. The summed E-state index contributed by atoms with van der Waals surface area (Å²) in [6, 6.07) is 5.81. The Morgan fingerprint density at radius 2 is 1.77 bits per heavy atom. The lowest BCUT2D eigenvalue weighted by atomic mass is 9.96. The number of hydrogen-bond acceptors (Lipinski definition) is 3. The molecule has 1 amide bonds. The lowest BCUT2D eigenvalue weighted by Crippen LogP contribution is -2.48. The SMILES string of the molecule is CCN(C(=O)C(C)Cc1ccc(OC)c(OC)c1)C(C)(C)C. The van der Waals surface area contributed by atoms with Gasteiger partial charge in [0.2, 0.25) is 5.91 Å². The summed E-state index contributed by atoms with van der Waals surface area (Å²) in [5.41, 5.74) is 0.918. The molecule has 0 aliphatic rings. The summed E-state index contributed by atoms with van der Waals surface area (Å²) in [5, 5.41) is 0. The van der Waals surface area contributed by atoms with Crippen LogP contribution in [0.5, 0.6) is 11.5 Å². The van der Waals surface area contributed by atoms with E-state index in [9.17, 15) is 4.79 Å². The summed E-state index contributed by atoms with van der Waals surface area (Å²) in [5.74, 6) is 1.51. The first-order valence-corrected chi connectivity index (χ1v) is 7.77. The van der Waals surface area contributed by atoms with Crippen molar-refractivity contribution in [2.75, 3.05) is 20.8 Å². The number of hydrogen-bond donors (Lipinski definition) is 0. The second-order valence-corrected chi connectivity index (χ2v) is 6.55. The predicted octanol–water partition coefficient (Wildman–Crippen LogP) is 3.53. The zero-order valence-electron chi connectivity index (χ0n) is 14.9. The number of rotatable bonds is 6. The van der Waals surface area contributed by atoms with Crippen LogP contribution in [0.1, 0.15) is 40.2 Å². The van der Waals surface area contributed by atoms with E-state index in [1.165, 1.54) is 0 Å². The molecule has 0 spiro atoms. The summed E-state index contributed by atoms with van der Waals surface area (Å²) in [7, 11) is 3.24. The van der Waals surface area contributed by atoms with Crippen LogP contribution < -0.4 is 9.47 Å². The lowest BCUT2D eigenvalue weighted by Gasteiger charge is -2.36. The van der Waals surface area contributed by atoms with Gasteiger partial charge >= 0.3 is 0 Å². The van der Waals surface area contributed by atoms with E-state index >= 15 is 0 Å². The van der Waals surface area contributed by atoms with Crippen LogP contribution in [0.25, 0.3) is 0 Å². The molecule has 0 N–H and O–H groups in total. The third kappa shape index (κ3) is 4.39. The summed E-state index contributed by atoms with van der Waals surface area (Å²) in [4.78, 5) is 14.6. The molecule has 1 atom stereocenters. The Balaban J connectivity index is 2.88. The molecule has 0 radical (unpaired) electrons. The molecule has 4 nitrogen and oxygen atoms in total. The third-order valence-electron chi connectivity index (χ3n) is 3.80. The van der Waals surface area contributed by atoms with Crippen molar-refractivity contribution in [3.05, 3.63) is 23.8 Å². The Kier molecular flexibility index (Phi) is 6.27. The van der Waals surface area contributed by atoms with Gasteiger partial charge in [-0.15, -0.1) is 0 Å². The van der Waals surface area contributed by atoms with E-state index in [1.807, 2.05) is 36.9 Å². The van der Waals surface area contributed by atoms with Crippen molar-refractivity contribution >= 4 is 5.91 Å². The van der Waals surface area contributed by atoms with Crippen LogP contribution in [0.2, 0.25) is 0 Å². The second kappa shape index (κ2) is 7.52. The maximum absolute atomic E-state index is 12.7. The third-order valence-corrected chi connectivity index (χ3v) is 3.80. The molecule has 0 fully saturated rings. The summed E-state index contributed by atoms with van der Waals surface area (Å²) < 4.78 is 10.6. The molecule has 124 valence electrons. The molecule has 0 saturated heterocycles. The first kappa shape index (κ1) is 18.3. The molecule has 0 aliphatic heterocycles. The van der Waals surface area contributed by atoms with Gasteiger partial charge in [0.25, 0.3) is 0 Å². The van der Waals surface area contributed by atoms with Gasteiger partial charge in [-0.3, -0.25) is 4.79 Å². The number of nitrogens with zero attached hydrogens (tertiary/aromatic N) is 1. The Morgan fingerprint density at radius 3 is 2.23 bits per heavy atom. The molecule has 0 aliphatic carbocycles. The molecule has 0 saturated carbocycles. The largest absolute Gasteiger partial charge is 0.493 e. The highest BCUT2D eigenvalue weighted by Crippen LogP contribution is 2.29. The van der Waals surface area contributed by atoms with Crippen LogP contribution >= 0.6 is 0 Å². The van der Waals surface area contributed by atoms with Crippen LogP contribution in [-0.4, -0.2) is 37.1 Å². The highest BCUT2D eigenvalue weighted by Gasteiger charge is 2.28. The van der Waals surface area contributed by atoms with Gasteiger partial charge in [0.05, 0.1) is 14.2 Å². The van der Waals surface area contributed by atoms with Crippen molar-refractivity contribution in [3.63, 3.8) is 0 Å². The predicted molar refractivity (Wildman–Crippen MR) is 89.6 cm³/mol. The highest BCUT2D eigenvalue weighted by atomic mass is 16.5. The van der Waals surface area contributed by atoms with E-state index in [0.717, 1.165) is 12.1 Å². The molecule has 1 rings (SSSR count). The maximum Gasteiger partial charge on any atom is 0.226 e. The van der Waals surface area contributed by atoms with Crippen molar-refractivity contribution in [3.8, 4) is 11.5 Å². The molecule has 1 aromatic rings. The van der Waals surface area contributed by atoms with Gasteiger partial charge in [-0.1, -0.05) is 13.0 Å². The normalized spacial score (nSPS) is 12.7. The smallest absolute Gasteiger partial charge is 0.226 e. The average Bonchev–Trinajstić information content (AvgIpc) is 2.46. The minimum Gasteiger partial charge on any atom is -0.493 e. The molecular formula is C18H29NO3. The number of benzene rings is 1. The fraction of sp³-hybridized carbons (Fsp3) is 0.611. The molecule has 1 unspecified atom stereocenters. The van der Waals surface area contributed by atoms with Crippen molar-refractivity contribution < 1.29 is 14.3 Å². The maximum atomic E-state index is 12.7. The van der Waals surface area contributed by atoms with E-state index < -0.39 is 0 Å². The zero-order valence-corrected chi connectivity index (χ0v) is 14.9. The van der Waals surface area contributed by atoms with Crippen LogP contribution in [-0.2, 0) is 11.2 Å². The highest BCUT2D eigenvalue weighted by molar-refractivity contribution is 5.79. The minimum atomic E-state index is -0.155. The van der Waals surface area contributed by atoms with Crippen LogP contribution in [0.4, 0.5) is 0 Å². The van der Waals surface area contributed by atoms with Gasteiger partial charge < -0.3 is 14.4 Å². The quantitative estimate of drug-likeness (QED) is 0.807. The monoisotopic (exact) mass is 307 g/mol. The van der Waals surface area contributed by atoms with E-state index in [1.54, 1.807) is 14.2 Å². The van der Waals surface area contributed by atoms with E-state index in [0.29, 0.717) is 17.9 Å². The molecule has 4 heteroatoms. The van der Waals surface area contributed by atoms with Crippen molar-refractivity contribution in [2.24, 2.45) is 5.92 Å². The van der Waals surface area contributed by atoms with E-state index in [4.69, 9.17) is 9.47 Å². The van der Waals surface area contributed by atoms with Gasteiger partial charge in [-0.2, -0.15) is 0 Å². The van der Waals surface area contributed by atoms with Gasteiger partial charge in [-0.25, -0.2) is 0 Å². The van der Waals surface area contributed by atoms with Gasteiger partial charge in [0.15, 0.2) is 11.5 Å². The molecular weight excluding hydrogens is 278 g/mol. The lowest BCUT2D eigenvalue weighted by molar-refractivity contribution is -0.139. The van der Waals surface area contributed by atoms with Gasteiger partial charge in [-0.05, 0) is 51.8 Å². The Bertz CT molecular complexity index is 506. The van der Waals surface area contributed by atoms with Gasteiger partial charge in [0.1, 0.15) is 0 Å². The first-order chi connectivity index (χ1) is 10.2. The molecule has 1 aromatic carbocycles. The number of carbonyl (C=O) groups is 1. The Labute approximate surface area is 134 Å². The fourth-order valence-electron chi connectivity index (χ4n) is 2.68. The molecule has 0 heterocycles.